The summed E-state index contributed by atoms with van der Waals surface area (Å²) in [4.78, 5) is 28.6. The van der Waals surface area contributed by atoms with E-state index in [4.69, 9.17) is 4.74 Å². The second-order valence-electron chi connectivity index (χ2n) is 10.3. The van der Waals surface area contributed by atoms with Crippen LogP contribution in [0.5, 0.6) is 5.75 Å². The molecule has 0 saturated heterocycles. The molecular weight excluding hydrogens is 526 g/mol. The van der Waals surface area contributed by atoms with Crippen LogP contribution in [0.25, 0.3) is 0 Å². The van der Waals surface area contributed by atoms with E-state index in [9.17, 15) is 18.0 Å². The van der Waals surface area contributed by atoms with Crippen LogP contribution in [0.2, 0.25) is 0 Å². The van der Waals surface area contributed by atoms with Gasteiger partial charge in [-0.1, -0.05) is 61.9 Å². The van der Waals surface area contributed by atoms with Gasteiger partial charge in [0, 0.05) is 13.1 Å². The number of carbonyl (C=O) groups is 2. The van der Waals surface area contributed by atoms with Crippen molar-refractivity contribution in [2.75, 3.05) is 24.5 Å². The summed E-state index contributed by atoms with van der Waals surface area (Å²) in [6.07, 6.45) is 0. The normalized spacial score (nSPS) is 12.1. The molecule has 0 spiro atoms. The Labute approximate surface area is 238 Å². The summed E-state index contributed by atoms with van der Waals surface area (Å²) < 4.78 is 34.2. The summed E-state index contributed by atoms with van der Waals surface area (Å²) in [6, 6.07) is 19.8. The third-order valence-corrected chi connectivity index (χ3v) is 8.37. The standard InChI is InChI=1S/C31H39N3O5S/c1-22(2)19-32-31(36)25(5)33(20-26-13-15-27(39-6)16-14-26)30(35)21-34(29-17-12-23(3)18-24(29)4)40(37,38)28-10-8-7-9-11-28/h7-18,22,25H,19-21H2,1-6H3,(H,32,36)/t25-/m1/s1. The molecule has 0 aromatic heterocycles. The van der Waals surface area contributed by atoms with Gasteiger partial charge in [-0.15, -0.1) is 0 Å². The quantitative estimate of drug-likeness (QED) is 0.344. The molecule has 1 atom stereocenters. The number of aryl methyl sites for hydroxylation is 2. The monoisotopic (exact) mass is 565 g/mol. The van der Waals surface area contributed by atoms with E-state index in [1.54, 1.807) is 50.4 Å². The number of methoxy groups -OCH3 is 1. The zero-order valence-corrected chi connectivity index (χ0v) is 24.9. The number of sulfonamides is 1. The fourth-order valence-electron chi connectivity index (χ4n) is 4.28. The number of amides is 2. The van der Waals surface area contributed by atoms with Crippen molar-refractivity contribution in [2.24, 2.45) is 5.92 Å². The number of hydrogen-bond acceptors (Lipinski definition) is 5. The Bertz CT molecular complexity index is 1410. The number of nitrogens with one attached hydrogen (secondary N) is 1. The molecule has 40 heavy (non-hydrogen) atoms. The average Bonchev–Trinajstić information content (AvgIpc) is 2.94. The lowest BCUT2D eigenvalue weighted by atomic mass is 10.1. The highest BCUT2D eigenvalue weighted by molar-refractivity contribution is 7.92. The van der Waals surface area contributed by atoms with E-state index in [1.165, 1.54) is 17.0 Å². The van der Waals surface area contributed by atoms with Crippen molar-refractivity contribution in [2.45, 2.75) is 52.1 Å². The van der Waals surface area contributed by atoms with Gasteiger partial charge in [0.2, 0.25) is 11.8 Å². The van der Waals surface area contributed by atoms with Crippen LogP contribution in [0.15, 0.2) is 77.7 Å². The lowest BCUT2D eigenvalue weighted by molar-refractivity contribution is -0.139. The first-order chi connectivity index (χ1) is 18.9. The molecule has 0 saturated carbocycles. The lowest BCUT2D eigenvalue weighted by Gasteiger charge is -2.32. The summed E-state index contributed by atoms with van der Waals surface area (Å²) in [6.45, 7) is 9.48. The van der Waals surface area contributed by atoms with Crippen LogP contribution >= 0.6 is 0 Å². The minimum Gasteiger partial charge on any atom is -0.497 e. The molecule has 0 aliphatic rings. The molecule has 214 valence electrons. The molecule has 2 amide bonds. The Hall–Kier alpha value is -3.85. The number of hydrogen-bond donors (Lipinski definition) is 1. The highest BCUT2D eigenvalue weighted by atomic mass is 32.2. The SMILES string of the molecule is COc1ccc(CN(C(=O)CN(c2ccc(C)cc2C)S(=O)(=O)c2ccccc2)[C@H](C)C(=O)NCC(C)C)cc1. The minimum absolute atomic E-state index is 0.0761. The maximum absolute atomic E-state index is 14.0. The maximum atomic E-state index is 14.0. The first kappa shape index (κ1) is 30.7. The van der Waals surface area contributed by atoms with Gasteiger partial charge in [-0.05, 0) is 68.1 Å². The molecule has 0 bridgehead atoms. The third-order valence-electron chi connectivity index (χ3n) is 6.59. The first-order valence-corrected chi connectivity index (χ1v) is 14.7. The minimum atomic E-state index is -4.10. The summed E-state index contributed by atoms with van der Waals surface area (Å²) in [5, 5.41) is 2.89. The molecule has 0 fully saturated rings. The van der Waals surface area contributed by atoms with Crippen molar-refractivity contribution in [3.05, 3.63) is 89.5 Å². The van der Waals surface area contributed by atoms with Gasteiger partial charge in [0.1, 0.15) is 18.3 Å². The van der Waals surface area contributed by atoms with Crippen molar-refractivity contribution < 1.29 is 22.7 Å². The molecule has 1 N–H and O–H groups in total. The molecule has 3 aromatic carbocycles. The second kappa shape index (κ2) is 13.5. The van der Waals surface area contributed by atoms with Gasteiger partial charge in [0.15, 0.2) is 0 Å². The van der Waals surface area contributed by atoms with Gasteiger partial charge in [-0.25, -0.2) is 8.42 Å². The van der Waals surface area contributed by atoms with Crippen LogP contribution in [-0.2, 0) is 26.2 Å². The van der Waals surface area contributed by atoms with Gasteiger partial charge >= 0.3 is 0 Å². The molecular formula is C31H39N3O5S. The van der Waals surface area contributed by atoms with E-state index >= 15 is 0 Å². The maximum Gasteiger partial charge on any atom is 0.264 e. The Kier molecular flexibility index (Phi) is 10.3. The predicted octanol–water partition coefficient (Wildman–Crippen LogP) is 4.70. The molecule has 8 nitrogen and oxygen atoms in total. The zero-order valence-electron chi connectivity index (χ0n) is 24.0. The molecule has 3 aromatic rings. The molecule has 0 radical (unpaired) electrons. The average molecular weight is 566 g/mol. The Morgan fingerprint density at radius 3 is 2.15 bits per heavy atom. The van der Waals surface area contributed by atoms with Crippen LogP contribution in [0.4, 0.5) is 5.69 Å². The topological polar surface area (TPSA) is 96.0 Å². The zero-order chi connectivity index (χ0) is 29.4. The van der Waals surface area contributed by atoms with E-state index in [1.807, 2.05) is 52.0 Å². The lowest BCUT2D eigenvalue weighted by Crippen LogP contribution is -2.51. The molecule has 0 aliphatic carbocycles. The Morgan fingerprint density at radius 1 is 0.925 bits per heavy atom. The Balaban J connectivity index is 2.02. The van der Waals surface area contributed by atoms with Gasteiger partial charge in [-0.3, -0.25) is 13.9 Å². The van der Waals surface area contributed by atoms with E-state index in [0.717, 1.165) is 21.0 Å². The van der Waals surface area contributed by atoms with Gasteiger partial charge in [0.05, 0.1) is 17.7 Å². The molecule has 0 unspecified atom stereocenters. The van der Waals surface area contributed by atoms with Crippen LogP contribution < -0.4 is 14.4 Å². The smallest absolute Gasteiger partial charge is 0.264 e. The van der Waals surface area contributed by atoms with Gasteiger partial charge < -0.3 is 15.0 Å². The van der Waals surface area contributed by atoms with E-state index in [-0.39, 0.29) is 23.3 Å². The largest absolute Gasteiger partial charge is 0.497 e. The fraction of sp³-hybridized carbons (Fsp3) is 0.355. The van der Waals surface area contributed by atoms with E-state index < -0.39 is 28.5 Å². The van der Waals surface area contributed by atoms with Crippen LogP contribution in [0.3, 0.4) is 0 Å². The fourth-order valence-corrected chi connectivity index (χ4v) is 5.78. The summed E-state index contributed by atoms with van der Waals surface area (Å²) in [7, 11) is -2.53. The van der Waals surface area contributed by atoms with E-state index in [0.29, 0.717) is 18.0 Å². The number of ether oxygens (including phenoxy) is 1. The number of rotatable bonds is 12. The number of benzene rings is 3. The van der Waals surface area contributed by atoms with E-state index in [2.05, 4.69) is 5.32 Å². The van der Waals surface area contributed by atoms with Gasteiger partial charge in [-0.2, -0.15) is 0 Å². The third kappa shape index (κ3) is 7.63. The molecule has 0 aliphatic heterocycles. The molecule has 9 heteroatoms. The number of carbonyl (C=O) groups excluding carboxylic acids is 2. The van der Waals surface area contributed by atoms with Crippen molar-refractivity contribution >= 4 is 27.5 Å². The highest BCUT2D eigenvalue weighted by Crippen LogP contribution is 2.28. The molecule has 3 rings (SSSR count). The summed E-state index contributed by atoms with van der Waals surface area (Å²) >= 11 is 0. The number of nitrogens with zero attached hydrogens (tertiary/aromatic N) is 2. The van der Waals surface area contributed by atoms with Crippen molar-refractivity contribution in [3.63, 3.8) is 0 Å². The van der Waals surface area contributed by atoms with Crippen molar-refractivity contribution in [3.8, 4) is 5.75 Å². The second-order valence-corrected chi connectivity index (χ2v) is 12.2. The van der Waals surface area contributed by atoms with Crippen molar-refractivity contribution in [1.29, 1.82) is 0 Å². The summed E-state index contributed by atoms with van der Waals surface area (Å²) in [5.74, 6) is 0.0966. The van der Waals surface area contributed by atoms with Gasteiger partial charge in [0.25, 0.3) is 10.0 Å². The van der Waals surface area contributed by atoms with Crippen LogP contribution in [0.1, 0.15) is 37.5 Å². The number of anilines is 1. The Morgan fingerprint density at radius 2 is 1.57 bits per heavy atom. The summed E-state index contributed by atoms with van der Waals surface area (Å²) in [5.41, 5.74) is 2.88. The molecule has 0 heterocycles. The van der Waals surface area contributed by atoms with Crippen LogP contribution in [0, 0.1) is 19.8 Å². The highest BCUT2D eigenvalue weighted by Gasteiger charge is 2.33. The first-order valence-electron chi connectivity index (χ1n) is 13.3. The van der Waals surface area contributed by atoms with Crippen molar-refractivity contribution in [1.82, 2.24) is 10.2 Å². The predicted molar refractivity (Wildman–Crippen MR) is 158 cm³/mol. The van der Waals surface area contributed by atoms with Crippen LogP contribution in [-0.4, -0.2) is 51.4 Å².